The predicted octanol–water partition coefficient (Wildman–Crippen LogP) is 2.21. The normalized spacial score (nSPS) is 21.4. The van der Waals surface area contributed by atoms with Crippen molar-refractivity contribution in [2.24, 2.45) is 11.8 Å². The van der Waals surface area contributed by atoms with Crippen LogP contribution in [0.2, 0.25) is 5.02 Å². The number of aliphatic carboxylic acids is 1. The molecule has 2 atom stereocenters. The summed E-state index contributed by atoms with van der Waals surface area (Å²) in [6.45, 7) is 4.31. The first kappa shape index (κ1) is 15.6. The average molecular weight is 312 g/mol. The third-order valence-corrected chi connectivity index (χ3v) is 4.20. The first-order valence-corrected chi connectivity index (χ1v) is 7.16. The molecule has 1 fully saturated rings. The molecule has 1 N–H and O–H groups in total. The highest BCUT2D eigenvalue weighted by Gasteiger charge is 2.36. The van der Waals surface area contributed by atoms with Crippen LogP contribution in [0.3, 0.4) is 0 Å². The van der Waals surface area contributed by atoms with Gasteiger partial charge in [0.25, 0.3) is 5.91 Å². The van der Waals surface area contributed by atoms with Crippen molar-refractivity contribution in [1.82, 2.24) is 4.90 Å². The van der Waals surface area contributed by atoms with Gasteiger partial charge in [0.05, 0.1) is 5.92 Å². The van der Waals surface area contributed by atoms with Gasteiger partial charge in [0.15, 0.2) is 6.61 Å². The molecule has 0 radical (unpaired) electrons. The van der Waals surface area contributed by atoms with E-state index in [1.165, 1.54) is 0 Å². The Morgan fingerprint density at radius 1 is 1.43 bits per heavy atom. The molecule has 1 amide bonds. The monoisotopic (exact) mass is 311 g/mol. The Morgan fingerprint density at radius 2 is 2.14 bits per heavy atom. The molecular formula is C15H18ClNO4. The Labute approximate surface area is 128 Å². The van der Waals surface area contributed by atoms with Crippen LogP contribution >= 0.6 is 11.6 Å². The minimum absolute atomic E-state index is 0.0378. The quantitative estimate of drug-likeness (QED) is 0.925. The molecule has 114 valence electrons. The van der Waals surface area contributed by atoms with Crippen molar-refractivity contribution < 1.29 is 19.4 Å². The molecule has 2 rings (SSSR count). The SMILES string of the molecule is Cc1cc(OCC(=O)N2C[C@@H](C)[C@H](C(=O)O)C2)ccc1Cl. The second kappa shape index (κ2) is 6.35. The standard InChI is InChI=1S/C15H18ClNO4/c1-9-5-11(3-4-13(9)16)21-8-14(18)17-6-10(2)12(7-17)15(19)20/h3-5,10,12H,6-8H2,1-2H3,(H,19,20)/t10-,12-/m1/s1. The third kappa shape index (κ3) is 3.67. The highest BCUT2D eigenvalue weighted by atomic mass is 35.5. The van der Waals surface area contributed by atoms with E-state index in [0.717, 1.165) is 5.56 Å². The van der Waals surface area contributed by atoms with Gasteiger partial charge in [-0.05, 0) is 36.6 Å². The number of carboxylic acids is 1. The Bertz CT molecular complexity index is 561. The largest absolute Gasteiger partial charge is 0.484 e. The summed E-state index contributed by atoms with van der Waals surface area (Å²) in [5.41, 5.74) is 0.877. The molecule has 0 spiro atoms. The Morgan fingerprint density at radius 3 is 2.71 bits per heavy atom. The fraction of sp³-hybridized carbons (Fsp3) is 0.467. The summed E-state index contributed by atoms with van der Waals surface area (Å²) in [6, 6.07) is 5.19. The van der Waals surface area contributed by atoms with E-state index in [0.29, 0.717) is 17.3 Å². The first-order chi connectivity index (χ1) is 9.88. The molecule has 0 unspecified atom stereocenters. The molecule has 5 nitrogen and oxygen atoms in total. The van der Waals surface area contributed by atoms with Crippen LogP contribution in [0.15, 0.2) is 18.2 Å². The van der Waals surface area contributed by atoms with Gasteiger partial charge in [0, 0.05) is 18.1 Å². The molecule has 1 saturated heterocycles. The number of aryl methyl sites for hydroxylation is 1. The van der Waals surface area contributed by atoms with E-state index in [1.807, 2.05) is 13.8 Å². The highest BCUT2D eigenvalue weighted by Crippen LogP contribution is 2.24. The van der Waals surface area contributed by atoms with Gasteiger partial charge in [-0.2, -0.15) is 0 Å². The summed E-state index contributed by atoms with van der Waals surface area (Å²) in [6.07, 6.45) is 0. The number of hydrogen-bond donors (Lipinski definition) is 1. The van der Waals surface area contributed by atoms with E-state index in [4.69, 9.17) is 21.4 Å². The van der Waals surface area contributed by atoms with Crippen LogP contribution in [0, 0.1) is 18.8 Å². The Kier molecular flexibility index (Phi) is 4.73. The smallest absolute Gasteiger partial charge is 0.308 e. The Hall–Kier alpha value is -1.75. The number of hydrogen-bond acceptors (Lipinski definition) is 3. The van der Waals surface area contributed by atoms with E-state index in [1.54, 1.807) is 23.1 Å². The fourth-order valence-electron chi connectivity index (χ4n) is 2.44. The second-order valence-corrected chi connectivity index (χ2v) is 5.83. The van der Waals surface area contributed by atoms with Gasteiger partial charge < -0.3 is 14.7 Å². The van der Waals surface area contributed by atoms with E-state index in [2.05, 4.69) is 0 Å². The molecule has 1 aliphatic rings. The minimum Gasteiger partial charge on any atom is -0.484 e. The molecule has 21 heavy (non-hydrogen) atoms. The fourth-order valence-corrected chi connectivity index (χ4v) is 2.55. The molecule has 1 aliphatic heterocycles. The molecule has 0 aromatic heterocycles. The summed E-state index contributed by atoms with van der Waals surface area (Å²) in [7, 11) is 0. The van der Waals surface area contributed by atoms with Crippen LogP contribution < -0.4 is 4.74 Å². The van der Waals surface area contributed by atoms with Gasteiger partial charge in [0.1, 0.15) is 5.75 Å². The average Bonchev–Trinajstić information content (AvgIpc) is 2.82. The number of benzene rings is 1. The van der Waals surface area contributed by atoms with Crippen molar-refractivity contribution in [2.45, 2.75) is 13.8 Å². The minimum atomic E-state index is -0.855. The van der Waals surface area contributed by atoms with Crippen LogP contribution in [0.5, 0.6) is 5.75 Å². The topological polar surface area (TPSA) is 66.8 Å². The lowest BCUT2D eigenvalue weighted by molar-refractivity contribution is -0.142. The van der Waals surface area contributed by atoms with Crippen molar-refractivity contribution in [3.05, 3.63) is 28.8 Å². The van der Waals surface area contributed by atoms with Crippen molar-refractivity contribution in [2.75, 3.05) is 19.7 Å². The zero-order valence-corrected chi connectivity index (χ0v) is 12.8. The summed E-state index contributed by atoms with van der Waals surface area (Å²) in [4.78, 5) is 24.7. The first-order valence-electron chi connectivity index (χ1n) is 6.78. The van der Waals surface area contributed by atoms with Gasteiger partial charge in [-0.1, -0.05) is 18.5 Å². The van der Waals surface area contributed by atoms with Crippen molar-refractivity contribution in [3.8, 4) is 5.75 Å². The zero-order valence-electron chi connectivity index (χ0n) is 12.0. The molecule has 1 aromatic rings. The zero-order chi connectivity index (χ0) is 15.6. The molecule has 1 aromatic carbocycles. The van der Waals surface area contributed by atoms with E-state index in [-0.39, 0.29) is 25.0 Å². The van der Waals surface area contributed by atoms with Gasteiger partial charge in [-0.25, -0.2) is 0 Å². The lowest BCUT2D eigenvalue weighted by Crippen LogP contribution is -2.33. The molecule has 0 aliphatic carbocycles. The molecular weight excluding hydrogens is 294 g/mol. The number of amides is 1. The maximum absolute atomic E-state index is 12.1. The van der Waals surface area contributed by atoms with Gasteiger partial charge >= 0.3 is 5.97 Å². The second-order valence-electron chi connectivity index (χ2n) is 5.42. The number of carbonyl (C=O) groups excluding carboxylic acids is 1. The predicted molar refractivity (Wildman–Crippen MR) is 78.6 cm³/mol. The number of nitrogens with zero attached hydrogens (tertiary/aromatic N) is 1. The van der Waals surface area contributed by atoms with Crippen molar-refractivity contribution >= 4 is 23.5 Å². The van der Waals surface area contributed by atoms with Crippen molar-refractivity contribution in [1.29, 1.82) is 0 Å². The maximum atomic E-state index is 12.1. The van der Waals surface area contributed by atoms with Gasteiger partial charge in [0.2, 0.25) is 0 Å². The number of carboxylic acid groups (broad SMARTS) is 1. The molecule has 0 saturated carbocycles. The van der Waals surface area contributed by atoms with E-state index in [9.17, 15) is 9.59 Å². The maximum Gasteiger partial charge on any atom is 0.308 e. The molecule has 0 bridgehead atoms. The molecule has 6 heteroatoms. The van der Waals surface area contributed by atoms with Crippen LogP contribution in [-0.2, 0) is 9.59 Å². The van der Waals surface area contributed by atoms with E-state index >= 15 is 0 Å². The number of likely N-dealkylation sites (tertiary alicyclic amines) is 1. The summed E-state index contributed by atoms with van der Waals surface area (Å²) in [5.74, 6) is -1.01. The lowest BCUT2D eigenvalue weighted by atomic mass is 9.99. The van der Waals surface area contributed by atoms with Crippen LogP contribution in [0.1, 0.15) is 12.5 Å². The van der Waals surface area contributed by atoms with Crippen molar-refractivity contribution in [3.63, 3.8) is 0 Å². The third-order valence-electron chi connectivity index (χ3n) is 3.77. The number of rotatable bonds is 4. The van der Waals surface area contributed by atoms with Gasteiger partial charge in [-0.15, -0.1) is 0 Å². The lowest BCUT2D eigenvalue weighted by Gasteiger charge is -2.16. The Balaban J connectivity index is 1.90. The number of ether oxygens (including phenoxy) is 1. The van der Waals surface area contributed by atoms with Crippen LogP contribution in [0.4, 0.5) is 0 Å². The number of carbonyl (C=O) groups is 2. The van der Waals surface area contributed by atoms with E-state index < -0.39 is 11.9 Å². The van der Waals surface area contributed by atoms with Crippen LogP contribution in [0.25, 0.3) is 0 Å². The molecule has 1 heterocycles. The van der Waals surface area contributed by atoms with Gasteiger partial charge in [-0.3, -0.25) is 9.59 Å². The highest BCUT2D eigenvalue weighted by molar-refractivity contribution is 6.31. The number of halogens is 1. The summed E-state index contributed by atoms with van der Waals surface area (Å²) in [5, 5.41) is 9.71. The summed E-state index contributed by atoms with van der Waals surface area (Å²) >= 11 is 5.92. The summed E-state index contributed by atoms with van der Waals surface area (Å²) < 4.78 is 5.45. The van der Waals surface area contributed by atoms with Crippen LogP contribution in [-0.4, -0.2) is 41.6 Å².